The molecule has 0 aromatic heterocycles. The fourth-order valence-electron chi connectivity index (χ4n) is 2.54. The molecule has 1 unspecified atom stereocenters. The average molecular weight is 530 g/mol. The third kappa shape index (κ3) is 10.4. The Morgan fingerprint density at radius 3 is 2.60 bits per heavy atom. The summed E-state index contributed by atoms with van der Waals surface area (Å²) in [5.41, 5.74) is 0.821. The molecular formula is C18H30BrFIN3O. The number of guanidine groups is 1. The van der Waals surface area contributed by atoms with Crippen molar-refractivity contribution in [2.75, 3.05) is 19.7 Å². The van der Waals surface area contributed by atoms with Crippen LogP contribution in [0.25, 0.3) is 0 Å². The van der Waals surface area contributed by atoms with Crippen molar-refractivity contribution in [3.05, 3.63) is 34.1 Å². The van der Waals surface area contributed by atoms with Crippen molar-refractivity contribution in [2.45, 2.75) is 40.2 Å². The summed E-state index contributed by atoms with van der Waals surface area (Å²) in [5.74, 6) is 1.44. The first-order valence-corrected chi connectivity index (χ1v) is 9.32. The van der Waals surface area contributed by atoms with Gasteiger partial charge in [-0.05, 0) is 65.2 Å². The van der Waals surface area contributed by atoms with E-state index < -0.39 is 0 Å². The first-order valence-electron chi connectivity index (χ1n) is 8.53. The minimum atomic E-state index is -0.277. The first-order chi connectivity index (χ1) is 11.5. The highest BCUT2D eigenvalue weighted by Gasteiger charge is 2.11. The van der Waals surface area contributed by atoms with Gasteiger partial charge in [0.25, 0.3) is 0 Å². The van der Waals surface area contributed by atoms with Gasteiger partial charge in [0.15, 0.2) is 5.96 Å². The topological polar surface area (TPSA) is 56.7 Å². The summed E-state index contributed by atoms with van der Waals surface area (Å²) in [6.45, 7) is 8.52. The largest absolute Gasteiger partial charge is 0.396 e. The molecule has 1 aromatic rings. The lowest BCUT2D eigenvalue weighted by molar-refractivity contribution is 0.243. The van der Waals surface area contributed by atoms with Crippen molar-refractivity contribution in [2.24, 2.45) is 16.8 Å². The monoisotopic (exact) mass is 529 g/mol. The maximum Gasteiger partial charge on any atom is 0.191 e. The van der Waals surface area contributed by atoms with Gasteiger partial charge in [-0.3, -0.25) is 0 Å². The predicted molar refractivity (Wildman–Crippen MR) is 117 cm³/mol. The molecule has 0 amide bonds. The van der Waals surface area contributed by atoms with Gasteiger partial charge in [-0.2, -0.15) is 0 Å². The molecule has 0 radical (unpaired) electrons. The Kier molecular flexibility index (Phi) is 13.5. The molecule has 0 bridgehead atoms. The summed E-state index contributed by atoms with van der Waals surface area (Å²) >= 11 is 3.15. The molecule has 0 saturated heterocycles. The van der Waals surface area contributed by atoms with E-state index in [2.05, 4.69) is 45.4 Å². The minimum absolute atomic E-state index is 0. The highest BCUT2D eigenvalue weighted by atomic mass is 127. The number of hydrogen-bond acceptors (Lipinski definition) is 2. The molecule has 0 aliphatic rings. The number of benzene rings is 1. The van der Waals surface area contributed by atoms with E-state index in [-0.39, 0.29) is 36.4 Å². The van der Waals surface area contributed by atoms with Gasteiger partial charge in [0.2, 0.25) is 0 Å². The first kappa shape index (κ1) is 24.6. The molecule has 0 heterocycles. The van der Waals surface area contributed by atoms with Crippen molar-refractivity contribution >= 4 is 45.9 Å². The number of hydrogen-bond donors (Lipinski definition) is 3. The second kappa shape index (κ2) is 13.7. The van der Waals surface area contributed by atoms with E-state index in [9.17, 15) is 9.50 Å². The Labute approximate surface area is 176 Å². The van der Waals surface area contributed by atoms with Crippen molar-refractivity contribution in [3.8, 4) is 0 Å². The van der Waals surface area contributed by atoms with Gasteiger partial charge in [-0.1, -0.05) is 19.9 Å². The molecule has 1 aromatic carbocycles. The second-order valence-electron chi connectivity index (χ2n) is 6.33. The Balaban J connectivity index is 0.00000576. The molecule has 1 atom stereocenters. The number of nitrogens with zero attached hydrogens (tertiary/aromatic N) is 1. The molecule has 0 saturated carbocycles. The standard InChI is InChI=1S/C18H29BrFN3O.HI/c1-4-21-18(23-12-15(7-8-24)9-13(2)3)22-11-14-5-6-16(19)17(20)10-14;/h5-6,10,13,15,24H,4,7-9,11-12H2,1-3H3,(H2,21,22,23);1H. The van der Waals surface area contributed by atoms with Crippen LogP contribution in [0.4, 0.5) is 4.39 Å². The summed E-state index contributed by atoms with van der Waals surface area (Å²) < 4.78 is 14.0. The molecule has 4 nitrogen and oxygen atoms in total. The number of aliphatic hydroxyl groups is 1. The van der Waals surface area contributed by atoms with Crippen LogP contribution in [0.15, 0.2) is 27.7 Å². The van der Waals surface area contributed by atoms with E-state index in [1.165, 1.54) is 6.07 Å². The summed E-state index contributed by atoms with van der Waals surface area (Å²) in [4.78, 5) is 4.52. The van der Waals surface area contributed by atoms with Gasteiger partial charge in [0.05, 0.1) is 11.0 Å². The molecule has 0 fully saturated rings. The van der Waals surface area contributed by atoms with E-state index in [0.29, 0.717) is 28.8 Å². The number of nitrogens with one attached hydrogen (secondary N) is 2. The van der Waals surface area contributed by atoms with Crippen molar-refractivity contribution < 1.29 is 9.50 Å². The number of aliphatic hydroxyl groups excluding tert-OH is 1. The Morgan fingerprint density at radius 2 is 2.04 bits per heavy atom. The number of aliphatic imine (C=N–C) groups is 1. The van der Waals surface area contributed by atoms with Crippen LogP contribution in [0.1, 0.15) is 39.2 Å². The zero-order chi connectivity index (χ0) is 17.9. The van der Waals surface area contributed by atoms with E-state index in [1.54, 1.807) is 6.07 Å². The van der Waals surface area contributed by atoms with Crippen molar-refractivity contribution in [1.29, 1.82) is 0 Å². The average Bonchev–Trinajstić information content (AvgIpc) is 2.52. The second-order valence-corrected chi connectivity index (χ2v) is 7.19. The molecule has 0 aliphatic heterocycles. The third-order valence-corrected chi connectivity index (χ3v) is 4.29. The summed E-state index contributed by atoms with van der Waals surface area (Å²) in [7, 11) is 0. The van der Waals surface area contributed by atoms with Crippen LogP contribution < -0.4 is 10.6 Å². The van der Waals surface area contributed by atoms with Gasteiger partial charge in [0.1, 0.15) is 5.82 Å². The zero-order valence-corrected chi connectivity index (χ0v) is 19.1. The maximum atomic E-state index is 13.6. The molecule has 7 heteroatoms. The van der Waals surface area contributed by atoms with Crippen LogP contribution in [-0.4, -0.2) is 30.8 Å². The van der Waals surface area contributed by atoms with Gasteiger partial charge in [-0.25, -0.2) is 9.38 Å². The fraction of sp³-hybridized carbons (Fsp3) is 0.611. The molecule has 0 aliphatic carbocycles. The van der Waals surface area contributed by atoms with Gasteiger partial charge >= 0.3 is 0 Å². The van der Waals surface area contributed by atoms with Crippen molar-refractivity contribution in [1.82, 2.24) is 10.6 Å². The van der Waals surface area contributed by atoms with Crippen LogP contribution in [0.2, 0.25) is 0 Å². The highest BCUT2D eigenvalue weighted by Crippen LogP contribution is 2.17. The molecule has 1 rings (SSSR count). The quantitative estimate of drug-likeness (QED) is 0.254. The van der Waals surface area contributed by atoms with Gasteiger partial charge < -0.3 is 15.7 Å². The summed E-state index contributed by atoms with van der Waals surface area (Å²) in [6.07, 6.45) is 1.84. The zero-order valence-electron chi connectivity index (χ0n) is 15.2. The molecule has 0 spiro atoms. The maximum absolute atomic E-state index is 13.6. The van der Waals surface area contributed by atoms with Gasteiger partial charge in [-0.15, -0.1) is 24.0 Å². The van der Waals surface area contributed by atoms with E-state index in [0.717, 1.165) is 31.5 Å². The Bertz CT molecular complexity index is 529. The van der Waals surface area contributed by atoms with Gasteiger partial charge in [0, 0.05) is 19.7 Å². The SMILES string of the molecule is CCNC(=NCc1ccc(Br)c(F)c1)NCC(CCO)CC(C)C.I. The van der Waals surface area contributed by atoms with Crippen LogP contribution in [0.3, 0.4) is 0 Å². The van der Waals surface area contributed by atoms with Crippen LogP contribution in [0, 0.1) is 17.7 Å². The van der Waals surface area contributed by atoms with E-state index in [4.69, 9.17) is 0 Å². The molecular weight excluding hydrogens is 500 g/mol. The van der Waals surface area contributed by atoms with E-state index >= 15 is 0 Å². The van der Waals surface area contributed by atoms with Crippen LogP contribution in [-0.2, 0) is 6.54 Å². The Morgan fingerprint density at radius 1 is 1.32 bits per heavy atom. The summed E-state index contributed by atoms with van der Waals surface area (Å²) in [6, 6.07) is 5.04. The Hall–Kier alpha value is -0.410. The third-order valence-electron chi connectivity index (χ3n) is 3.65. The molecule has 144 valence electrons. The smallest absolute Gasteiger partial charge is 0.191 e. The highest BCUT2D eigenvalue weighted by molar-refractivity contribution is 14.0. The lowest BCUT2D eigenvalue weighted by Gasteiger charge is -2.20. The van der Waals surface area contributed by atoms with Crippen LogP contribution >= 0.6 is 39.9 Å². The predicted octanol–water partition coefficient (Wildman–Crippen LogP) is 4.31. The van der Waals surface area contributed by atoms with Crippen LogP contribution in [0.5, 0.6) is 0 Å². The fourth-order valence-corrected chi connectivity index (χ4v) is 2.79. The van der Waals surface area contributed by atoms with Crippen molar-refractivity contribution in [3.63, 3.8) is 0 Å². The minimum Gasteiger partial charge on any atom is -0.396 e. The summed E-state index contributed by atoms with van der Waals surface area (Å²) in [5, 5.41) is 15.7. The molecule has 3 N–H and O–H groups in total. The molecule has 25 heavy (non-hydrogen) atoms. The normalized spacial score (nSPS) is 12.7. The lowest BCUT2D eigenvalue weighted by atomic mass is 9.94. The lowest BCUT2D eigenvalue weighted by Crippen LogP contribution is -2.40. The van der Waals surface area contributed by atoms with E-state index in [1.807, 2.05) is 13.0 Å². The number of rotatable bonds is 9. The number of halogens is 3.